The molecule has 0 spiro atoms. The molecule has 2 N–H and O–H groups in total. The van der Waals surface area contributed by atoms with Crippen molar-refractivity contribution in [2.75, 3.05) is 26.2 Å². The molecule has 1 fully saturated rings. The Balaban J connectivity index is 0.00000280. The molecular weight excluding hydrogens is 378 g/mol. The number of nitrogens with one attached hydrogen (secondary N) is 2. The van der Waals surface area contributed by atoms with Gasteiger partial charge >= 0.3 is 0 Å². The Bertz CT molecular complexity index is 669. The van der Waals surface area contributed by atoms with Crippen LogP contribution in [-0.2, 0) is 4.79 Å². The third-order valence-electron chi connectivity index (χ3n) is 5.70. The summed E-state index contributed by atoms with van der Waals surface area (Å²) in [5, 5.41) is 6.33. The molecule has 1 aromatic rings. The fraction of sp³-hybridized carbons (Fsp3) is 0.571. The number of carbonyl (C=O) groups excluding carboxylic acids is 3. The zero-order valence-corrected chi connectivity index (χ0v) is 17.2. The van der Waals surface area contributed by atoms with Crippen LogP contribution < -0.4 is 10.6 Å². The molecule has 1 unspecified atom stereocenters. The van der Waals surface area contributed by atoms with E-state index in [1.807, 2.05) is 0 Å². The van der Waals surface area contributed by atoms with Crippen molar-refractivity contribution in [3.63, 3.8) is 0 Å². The maximum Gasteiger partial charge on any atom is 0.261 e. The minimum absolute atomic E-state index is 0. The predicted octanol–water partition coefficient (Wildman–Crippen LogP) is 2.63. The van der Waals surface area contributed by atoms with E-state index in [1.54, 1.807) is 24.3 Å². The Morgan fingerprint density at radius 1 is 1.14 bits per heavy atom. The van der Waals surface area contributed by atoms with Crippen LogP contribution in [0.2, 0.25) is 0 Å². The minimum Gasteiger partial charge on any atom is -0.356 e. The maximum absolute atomic E-state index is 12.3. The fourth-order valence-corrected chi connectivity index (χ4v) is 4.01. The third kappa shape index (κ3) is 5.32. The monoisotopic (exact) mass is 407 g/mol. The van der Waals surface area contributed by atoms with Gasteiger partial charge < -0.3 is 10.6 Å². The van der Waals surface area contributed by atoms with Gasteiger partial charge in [-0.25, -0.2) is 0 Å². The summed E-state index contributed by atoms with van der Waals surface area (Å²) in [5.41, 5.74) is 0.977. The van der Waals surface area contributed by atoms with Crippen LogP contribution in [0.25, 0.3) is 0 Å². The van der Waals surface area contributed by atoms with Gasteiger partial charge in [0.05, 0.1) is 11.1 Å². The summed E-state index contributed by atoms with van der Waals surface area (Å²) in [4.78, 5) is 38.0. The summed E-state index contributed by atoms with van der Waals surface area (Å²) in [6.07, 6.45) is 4.31. The number of hydrogen-bond acceptors (Lipinski definition) is 4. The van der Waals surface area contributed by atoms with Gasteiger partial charge in [-0.05, 0) is 62.7 Å². The number of imide groups is 1. The normalized spacial score (nSPS) is 17.8. The van der Waals surface area contributed by atoms with Gasteiger partial charge in [-0.3, -0.25) is 19.3 Å². The molecule has 0 aliphatic carbocycles. The van der Waals surface area contributed by atoms with E-state index >= 15 is 0 Å². The van der Waals surface area contributed by atoms with Gasteiger partial charge in [0.15, 0.2) is 0 Å². The van der Waals surface area contributed by atoms with Gasteiger partial charge in [0.25, 0.3) is 11.8 Å². The number of rotatable bonds is 8. The van der Waals surface area contributed by atoms with Crippen LogP contribution in [0.3, 0.4) is 0 Å². The topological polar surface area (TPSA) is 78.5 Å². The lowest BCUT2D eigenvalue weighted by Gasteiger charge is -2.27. The molecule has 3 rings (SSSR count). The van der Waals surface area contributed by atoms with Gasteiger partial charge in [0, 0.05) is 19.5 Å². The molecule has 7 heteroatoms. The second-order valence-corrected chi connectivity index (χ2v) is 7.63. The predicted molar refractivity (Wildman–Crippen MR) is 111 cm³/mol. The number of unbranched alkanes of at least 4 members (excludes halogenated alkanes) is 1. The molecule has 3 amide bonds. The lowest BCUT2D eigenvalue weighted by atomic mass is 9.84. The fourth-order valence-electron chi connectivity index (χ4n) is 4.01. The molecule has 2 aliphatic heterocycles. The standard InChI is InChI=1S/C21H29N3O3.ClH/c1-15(16-8-11-22-12-9-16)14-19(25)23-10-4-5-13-24-20(26)17-6-2-3-7-18(17)21(24)27;/h2-3,6-7,15-16,22H,4-5,8-14H2,1H3,(H,23,25);1H. The molecule has 2 heterocycles. The molecular formula is C21H30ClN3O3. The van der Waals surface area contributed by atoms with E-state index in [9.17, 15) is 14.4 Å². The number of piperidine rings is 1. The Hall–Kier alpha value is -1.92. The number of benzene rings is 1. The molecule has 1 saturated heterocycles. The highest BCUT2D eigenvalue weighted by Crippen LogP contribution is 2.24. The van der Waals surface area contributed by atoms with E-state index in [4.69, 9.17) is 0 Å². The first-order chi connectivity index (χ1) is 13.1. The first kappa shape index (κ1) is 22.4. The second-order valence-electron chi connectivity index (χ2n) is 7.63. The first-order valence-electron chi connectivity index (χ1n) is 10.0. The Morgan fingerprint density at radius 3 is 2.36 bits per heavy atom. The van der Waals surface area contributed by atoms with Crippen molar-refractivity contribution in [1.82, 2.24) is 15.5 Å². The van der Waals surface area contributed by atoms with Crippen LogP contribution in [-0.4, -0.2) is 48.8 Å². The van der Waals surface area contributed by atoms with E-state index in [-0.39, 0.29) is 30.1 Å². The second kappa shape index (κ2) is 10.6. The van der Waals surface area contributed by atoms with Crippen LogP contribution in [0.5, 0.6) is 0 Å². The van der Waals surface area contributed by atoms with Gasteiger partial charge in [-0.2, -0.15) is 0 Å². The molecule has 2 aliphatic rings. The average molecular weight is 408 g/mol. The van der Waals surface area contributed by atoms with Crippen LogP contribution in [0.15, 0.2) is 24.3 Å². The third-order valence-corrected chi connectivity index (χ3v) is 5.70. The van der Waals surface area contributed by atoms with Gasteiger partial charge in [0.2, 0.25) is 5.91 Å². The number of hydrogen-bond donors (Lipinski definition) is 2. The molecule has 1 atom stereocenters. The zero-order valence-electron chi connectivity index (χ0n) is 16.4. The number of halogens is 1. The van der Waals surface area contributed by atoms with E-state index in [0.717, 1.165) is 32.4 Å². The molecule has 0 bridgehead atoms. The lowest BCUT2D eigenvalue weighted by Crippen LogP contribution is -2.34. The van der Waals surface area contributed by atoms with Crippen molar-refractivity contribution >= 4 is 30.1 Å². The summed E-state index contributed by atoms with van der Waals surface area (Å²) < 4.78 is 0. The number of amides is 3. The molecule has 0 radical (unpaired) electrons. The Kier molecular flexibility index (Phi) is 8.45. The molecule has 6 nitrogen and oxygen atoms in total. The molecule has 0 saturated carbocycles. The van der Waals surface area contributed by atoms with Crippen molar-refractivity contribution in [3.05, 3.63) is 35.4 Å². The van der Waals surface area contributed by atoms with Crippen LogP contribution >= 0.6 is 12.4 Å². The average Bonchev–Trinajstić information content (AvgIpc) is 2.93. The first-order valence-corrected chi connectivity index (χ1v) is 10.0. The molecule has 0 aromatic heterocycles. The van der Waals surface area contributed by atoms with Crippen LogP contribution in [0.4, 0.5) is 0 Å². The number of fused-ring (bicyclic) bond motifs is 1. The SMILES string of the molecule is CC(CC(=O)NCCCCN1C(=O)c2ccccc2C1=O)C1CCNCC1.Cl. The van der Waals surface area contributed by atoms with E-state index < -0.39 is 0 Å². The van der Waals surface area contributed by atoms with Crippen molar-refractivity contribution in [2.24, 2.45) is 11.8 Å². The highest BCUT2D eigenvalue weighted by molar-refractivity contribution is 6.21. The van der Waals surface area contributed by atoms with Gasteiger partial charge in [0.1, 0.15) is 0 Å². The summed E-state index contributed by atoms with van der Waals surface area (Å²) in [7, 11) is 0. The van der Waals surface area contributed by atoms with Crippen molar-refractivity contribution in [1.29, 1.82) is 0 Å². The molecule has 28 heavy (non-hydrogen) atoms. The van der Waals surface area contributed by atoms with E-state index in [1.165, 1.54) is 4.90 Å². The van der Waals surface area contributed by atoms with Crippen molar-refractivity contribution < 1.29 is 14.4 Å². The number of nitrogens with zero attached hydrogens (tertiary/aromatic N) is 1. The van der Waals surface area contributed by atoms with Crippen LogP contribution in [0, 0.1) is 11.8 Å². The maximum atomic E-state index is 12.3. The summed E-state index contributed by atoms with van der Waals surface area (Å²) in [6, 6.07) is 6.93. The highest BCUT2D eigenvalue weighted by atomic mass is 35.5. The van der Waals surface area contributed by atoms with Crippen molar-refractivity contribution in [2.45, 2.75) is 39.0 Å². The minimum atomic E-state index is -0.213. The summed E-state index contributed by atoms with van der Waals surface area (Å²) >= 11 is 0. The number of carbonyl (C=O) groups is 3. The van der Waals surface area contributed by atoms with Gasteiger partial charge in [-0.1, -0.05) is 19.1 Å². The summed E-state index contributed by atoms with van der Waals surface area (Å²) in [6.45, 7) is 5.25. The largest absolute Gasteiger partial charge is 0.356 e. The molecule has 1 aromatic carbocycles. The lowest BCUT2D eigenvalue weighted by molar-refractivity contribution is -0.122. The van der Waals surface area contributed by atoms with Gasteiger partial charge in [-0.15, -0.1) is 12.4 Å². The molecule has 154 valence electrons. The zero-order chi connectivity index (χ0) is 19.2. The Labute approximate surface area is 172 Å². The quantitative estimate of drug-likeness (QED) is 0.513. The van der Waals surface area contributed by atoms with Crippen molar-refractivity contribution in [3.8, 4) is 0 Å². The van der Waals surface area contributed by atoms with Crippen LogP contribution in [0.1, 0.15) is 59.7 Å². The van der Waals surface area contributed by atoms with E-state index in [0.29, 0.717) is 48.9 Å². The highest BCUT2D eigenvalue weighted by Gasteiger charge is 2.34. The smallest absolute Gasteiger partial charge is 0.261 e. The van der Waals surface area contributed by atoms with E-state index in [2.05, 4.69) is 17.6 Å². The Morgan fingerprint density at radius 2 is 1.75 bits per heavy atom. The summed E-state index contributed by atoms with van der Waals surface area (Å²) in [5.74, 6) is 0.712.